The summed E-state index contributed by atoms with van der Waals surface area (Å²) in [5, 5.41) is 29.9. The monoisotopic (exact) mass is 528 g/mol. The number of nitrogens with zero attached hydrogens (tertiary/aromatic N) is 1. The first-order valence-corrected chi connectivity index (χ1v) is 12.3. The fourth-order valence-corrected chi connectivity index (χ4v) is 5.47. The summed E-state index contributed by atoms with van der Waals surface area (Å²) in [7, 11) is -17.4. The van der Waals surface area contributed by atoms with Crippen LogP contribution in [0.15, 0.2) is 15.8 Å². The van der Waals surface area contributed by atoms with E-state index >= 15 is 0 Å². The van der Waals surface area contributed by atoms with E-state index in [-0.39, 0.29) is 6.29 Å². The molecule has 0 bridgehead atoms. The standard InChI is InChI=1S/C10H15N2O17P3/c13-2-3-1-12(10(18)11-7(3)16)8-5(15)4(14)6(26-8)9(17)27-31(22,23)29-32(24,25)28-30(19,20)21/h1-2,4-6,8-9,14-15,17H,(H,22,23)(H,24,25)(H,11,16,18)(H2,19,20,21)/t4-,5+,6-,8?,9?/m0/s1. The molecular formula is C10H15N2O17P3. The SMILES string of the molecule is O=Cc1cn(C2O[C@H](C(O)OP(=O)(O)OP(=O)(O)OP(=O)(O)O)[C@@H](O)[C@H]2O)c(=O)[nH]c1=O. The number of carbonyl (C=O) groups is 1. The van der Waals surface area contributed by atoms with Gasteiger partial charge in [-0.3, -0.25) is 23.7 Å². The molecule has 1 aromatic rings. The molecule has 0 aliphatic carbocycles. The topological polar surface area (TPSA) is 302 Å². The van der Waals surface area contributed by atoms with Crippen molar-refractivity contribution in [2.24, 2.45) is 0 Å². The molecule has 1 aromatic heterocycles. The number of aldehydes is 1. The van der Waals surface area contributed by atoms with Crippen LogP contribution < -0.4 is 11.2 Å². The van der Waals surface area contributed by atoms with E-state index in [9.17, 15) is 48.3 Å². The second-order valence-electron chi connectivity index (χ2n) is 5.93. The van der Waals surface area contributed by atoms with Gasteiger partial charge in [-0.15, -0.1) is 0 Å². The molecule has 2 rings (SSSR count). The van der Waals surface area contributed by atoms with Gasteiger partial charge in [-0.2, -0.15) is 8.62 Å². The Morgan fingerprint density at radius 3 is 2.19 bits per heavy atom. The van der Waals surface area contributed by atoms with Crippen LogP contribution in [0.4, 0.5) is 0 Å². The smallest absolute Gasteiger partial charge is 0.387 e. The first-order chi connectivity index (χ1) is 14.5. The largest absolute Gasteiger partial charge is 0.490 e. The summed E-state index contributed by atoms with van der Waals surface area (Å²) in [4.78, 5) is 71.3. The molecule has 4 unspecified atom stereocenters. The maximum atomic E-state index is 11.9. The lowest BCUT2D eigenvalue weighted by atomic mass is 10.1. The highest BCUT2D eigenvalue weighted by Crippen LogP contribution is 2.66. The van der Waals surface area contributed by atoms with Gasteiger partial charge in [0, 0.05) is 6.20 Å². The molecule has 8 N–H and O–H groups in total. The highest BCUT2D eigenvalue weighted by molar-refractivity contribution is 7.66. The average molecular weight is 528 g/mol. The highest BCUT2D eigenvalue weighted by atomic mass is 31.3. The Kier molecular flexibility index (Phi) is 7.93. The summed E-state index contributed by atoms with van der Waals surface area (Å²) >= 11 is 0. The molecule has 2 heterocycles. The van der Waals surface area contributed by atoms with Crippen molar-refractivity contribution in [3.8, 4) is 0 Å². The lowest BCUT2D eigenvalue weighted by Gasteiger charge is -2.23. The van der Waals surface area contributed by atoms with Gasteiger partial charge in [0.1, 0.15) is 18.3 Å². The Labute approximate surface area is 174 Å². The second kappa shape index (κ2) is 9.46. The van der Waals surface area contributed by atoms with Crippen LogP contribution in [-0.4, -0.2) is 75.3 Å². The Morgan fingerprint density at radius 1 is 1.06 bits per heavy atom. The Morgan fingerprint density at radius 2 is 1.66 bits per heavy atom. The van der Waals surface area contributed by atoms with E-state index in [0.717, 1.165) is 0 Å². The summed E-state index contributed by atoms with van der Waals surface area (Å²) in [6.07, 6.45) is -10.3. The average Bonchev–Trinajstić information content (AvgIpc) is 2.87. The van der Waals surface area contributed by atoms with E-state index < -0.39 is 71.1 Å². The number of aliphatic hydroxyl groups is 3. The highest BCUT2D eigenvalue weighted by Gasteiger charge is 2.50. The van der Waals surface area contributed by atoms with Crippen molar-refractivity contribution in [2.75, 3.05) is 0 Å². The van der Waals surface area contributed by atoms with Crippen molar-refractivity contribution in [3.05, 3.63) is 32.6 Å². The van der Waals surface area contributed by atoms with Crippen LogP contribution in [0.1, 0.15) is 16.6 Å². The number of aromatic amines is 1. The third kappa shape index (κ3) is 6.57. The number of hydrogen-bond donors (Lipinski definition) is 8. The zero-order chi connectivity index (χ0) is 24.6. The van der Waals surface area contributed by atoms with Gasteiger partial charge in [0.05, 0.1) is 5.56 Å². The first kappa shape index (κ1) is 26.8. The summed E-state index contributed by atoms with van der Waals surface area (Å²) in [5.74, 6) is 0. The van der Waals surface area contributed by atoms with Crippen molar-refractivity contribution in [1.82, 2.24) is 9.55 Å². The lowest BCUT2D eigenvalue weighted by molar-refractivity contribution is -0.161. The van der Waals surface area contributed by atoms with Crippen LogP contribution in [0.25, 0.3) is 0 Å². The number of carbonyl (C=O) groups excluding carboxylic acids is 1. The van der Waals surface area contributed by atoms with Gasteiger partial charge in [0.2, 0.25) is 0 Å². The fourth-order valence-electron chi connectivity index (χ4n) is 2.42. The molecule has 182 valence electrons. The van der Waals surface area contributed by atoms with Gasteiger partial charge >= 0.3 is 29.2 Å². The summed E-state index contributed by atoms with van der Waals surface area (Å²) in [6.45, 7) is 0. The molecule has 22 heteroatoms. The molecule has 1 fully saturated rings. The Bertz CT molecular complexity index is 1120. The van der Waals surface area contributed by atoms with Gasteiger partial charge in [0.25, 0.3) is 5.56 Å². The van der Waals surface area contributed by atoms with Crippen LogP contribution in [0.3, 0.4) is 0 Å². The predicted octanol–water partition coefficient (Wildman–Crippen LogP) is -3.37. The van der Waals surface area contributed by atoms with Gasteiger partial charge in [0.15, 0.2) is 18.8 Å². The zero-order valence-electron chi connectivity index (χ0n) is 15.0. The quantitative estimate of drug-likeness (QED) is 0.0881. The normalized spacial score (nSPS) is 28.6. The number of phosphoric ester groups is 1. The summed E-state index contributed by atoms with van der Waals surface area (Å²) < 4.78 is 49.9. The van der Waals surface area contributed by atoms with Crippen molar-refractivity contribution in [2.45, 2.75) is 30.8 Å². The number of ether oxygens (including phenoxy) is 1. The number of H-pyrrole nitrogens is 1. The minimum Gasteiger partial charge on any atom is -0.387 e. The Hall–Kier alpha value is -1.40. The molecular weight excluding hydrogens is 513 g/mol. The lowest BCUT2D eigenvalue weighted by Crippen LogP contribution is -2.40. The van der Waals surface area contributed by atoms with Gasteiger partial charge in [-0.1, -0.05) is 0 Å². The minimum absolute atomic E-state index is 0.0498. The van der Waals surface area contributed by atoms with E-state index in [2.05, 4.69) is 13.1 Å². The van der Waals surface area contributed by atoms with E-state index in [4.69, 9.17) is 19.4 Å². The van der Waals surface area contributed by atoms with Gasteiger partial charge < -0.3 is 39.6 Å². The zero-order valence-corrected chi connectivity index (χ0v) is 17.7. The number of aliphatic hydroxyl groups excluding tert-OH is 3. The molecule has 0 spiro atoms. The van der Waals surface area contributed by atoms with Crippen molar-refractivity contribution < 1.29 is 71.3 Å². The molecule has 1 aliphatic rings. The second-order valence-corrected chi connectivity index (χ2v) is 10.3. The Balaban J connectivity index is 2.21. The summed E-state index contributed by atoms with van der Waals surface area (Å²) in [5.41, 5.74) is -2.90. The van der Waals surface area contributed by atoms with Gasteiger partial charge in [-0.25, -0.2) is 18.5 Å². The molecule has 0 saturated carbocycles. The van der Waals surface area contributed by atoms with Crippen molar-refractivity contribution >= 4 is 29.8 Å². The van der Waals surface area contributed by atoms with E-state index in [1.807, 2.05) is 0 Å². The maximum absolute atomic E-state index is 11.9. The number of rotatable bonds is 9. The molecule has 7 atom stereocenters. The minimum atomic E-state index is -5.91. The third-order valence-corrected chi connectivity index (χ3v) is 7.42. The number of aromatic nitrogens is 2. The molecule has 0 aromatic carbocycles. The maximum Gasteiger partial charge on any atom is 0.490 e. The molecule has 19 nitrogen and oxygen atoms in total. The van der Waals surface area contributed by atoms with Crippen LogP contribution in [0.2, 0.25) is 0 Å². The summed E-state index contributed by atoms with van der Waals surface area (Å²) in [6, 6.07) is 0. The van der Waals surface area contributed by atoms with Crippen molar-refractivity contribution in [3.63, 3.8) is 0 Å². The van der Waals surface area contributed by atoms with E-state index in [0.29, 0.717) is 10.8 Å². The van der Waals surface area contributed by atoms with E-state index in [1.165, 1.54) is 0 Å². The van der Waals surface area contributed by atoms with Crippen LogP contribution in [0, 0.1) is 0 Å². The fraction of sp³-hybridized carbons (Fsp3) is 0.500. The van der Waals surface area contributed by atoms with E-state index in [1.54, 1.807) is 4.98 Å². The van der Waals surface area contributed by atoms with Crippen LogP contribution >= 0.6 is 23.5 Å². The molecule has 0 amide bonds. The third-order valence-electron chi connectivity index (χ3n) is 3.61. The molecule has 1 saturated heterocycles. The first-order valence-electron chi connectivity index (χ1n) is 7.79. The van der Waals surface area contributed by atoms with Crippen LogP contribution in [-0.2, 0) is 31.6 Å². The number of hydrogen-bond acceptors (Lipinski definition) is 13. The molecule has 1 aliphatic heterocycles. The molecule has 0 radical (unpaired) electrons. The number of phosphoric acid groups is 3. The predicted molar refractivity (Wildman–Crippen MR) is 93.6 cm³/mol. The number of nitrogens with one attached hydrogen (secondary N) is 1. The van der Waals surface area contributed by atoms with Crippen LogP contribution in [0.5, 0.6) is 0 Å². The molecule has 32 heavy (non-hydrogen) atoms. The van der Waals surface area contributed by atoms with Crippen molar-refractivity contribution in [1.29, 1.82) is 0 Å². The van der Waals surface area contributed by atoms with Gasteiger partial charge in [-0.05, 0) is 0 Å².